The summed E-state index contributed by atoms with van der Waals surface area (Å²) < 4.78 is 26.2. The summed E-state index contributed by atoms with van der Waals surface area (Å²) in [5.74, 6) is -2.44. The van der Waals surface area contributed by atoms with E-state index in [1.54, 1.807) is 6.92 Å². The van der Waals surface area contributed by atoms with E-state index in [0.29, 0.717) is 0 Å². The van der Waals surface area contributed by atoms with Crippen molar-refractivity contribution in [1.29, 1.82) is 5.26 Å². The summed E-state index contributed by atoms with van der Waals surface area (Å²) in [7, 11) is 1.44. The molecule has 0 aromatic heterocycles. The van der Waals surface area contributed by atoms with E-state index in [0.717, 1.165) is 18.2 Å². The lowest BCUT2D eigenvalue weighted by atomic mass is 10.1. The van der Waals surface area contributed by atoms with Gasteiger partial charge in [-0.1, -0.05) is 0 Å². The summed E-state index contributed by atoms with van der Waals surface area (Å²) in [5.41, 5.74) is -0.322. The molecule has 0 radical (unpaired) electrons. The minimum atomic E-state index is -0.770. The van der Waals surface area contributed by atoms with Gasteiger partial charge in [0.1, 0.15) is 11.6 Å². The van der Waals surface area contributed by atoms with Crippen molar-refractivity contribution in [3.8, 4) is 6.07 Å². The molecule has 0 aliphatic carbocycles. The molecule has 5 heteroatoms. The lowest BCUT2D eigenvalue weighted by Gasteiger charge is -2.18. The monoisotopic (exact) mass is 238 g/mol. The zero-order valence-corrected chi connectivity index (χ0v) is 9.58. The molecule has 0 bridgehead atoms. The van der Waals surface area contributed by atoms with Crippen LogP contribution in [0.25, 0.3) is 0 Å². The normalized spacial score (nSPS) is 11.7. The van der Waals surface area contributed by atoms with Gasteiger partial charge in [0.2, 0.25) is 0 Å². The van der Waals surface area contributed by atoms with Gasteiger partial charge < -0.3 is 4.90 Å². The summed E-state index contributed by atoms with van der Waals surface area (Å²) in [6.07, 6.45) is 0. The second kappa shape index (κ2) is 5.39. The van der Waals surface area contributed by atoms with Crippen molar-refractivity contribution >= 4 is 5.91 Å². The average molecular weight is 238 g/mol. The molecule has 0 aliphatic rings. The minimum Gasteiger partial charge on any atom is -0.340 e. The van der Waals surface area contributed by atoms with Gasteiger partial charge in [-0.2, -0.15) is 5.26 Å². The molecule has 1 amide bonds. The van der Waals surface area contributed by atoms with Gasteiger partial charge in [0.15, 0.2) is 0 Å². The lowest BCUT2D eigenvalue weighted by Crippen LogP contribution is -2.31. The number of nitrogens with zero attached hydrogens (tertiary/aromatic N) is 2. The van der Waals surface area contributed by atoms with Crippen LogP contribution in [0.15, 0.2) is 18.2 Å². The Morgan fingerprint density at radius 1 is 1.53 bits per heavy atom. The van der Waals surface area contributed by atoms with E-state index in [4.69, 9.17) is 5.26 Å². The third kappa shape index (κ3) is 3.25. The van der Waals surface area contributed by atoms with Crippen molar-refractivity contribution in [2.75, 3.05) is 13.6 Å². The number of carbonyl (C=O) groups excluding carboxylic acids is 1. The molecule has 90 valence electrons. The minimum absolute atomic E-state index is 0.172. The van der Waals surface area contributed by atoms with Crippen LogP contribution in [0.3, 0.4) is 0 Å². The molecule has 1 aromatic rings. The Kier molecular flexibility index (Phi) is 4.16. The molecule has 1 unspecified atom stereocenters. The van der Waals surface area contributed by atoms with Crippen LogP contribution in [0.4, 0.5) is 8.78 Å². The molecule has 0 spiro atoms. The molecule has 3 nitrogen and oxygen atoms in total. The molecule has 17 heavy (non-hydrogen) atoms. The highest BCUT2D eigenvalue weighted by Crippen LogP contribution is 2.12. The fourth-order valence-electron chi connectivity index (χ4n) is 1.40. The Morgan fingerprint density at radius 2 is 2.18 bits per heavy atom. The van der Waals surface area contributed by atoms with Crippen LogP contribution < -0.4 is 0 Å². The predicted octanol–water partition coefficient (Wildman–Crippen LogP) is 2.20. The number of halogens is 2. The molecular formula is C12H12F2N2O. The number of nitriles is 1. The van der Waals surface area contributed by atoms with Crippen molar-refractivity contribution in [3.05, 3.63) is 35.4 Å². The summed E-state index contributed by atoms with van der Waals surface area (Å²) in [6.45, 7) is 1.82. The van der Waals surface area contributed by atoms with Crippen molar-refractivity contribution in [3.63, 3.8) is 0 Å². The molecule has 1 aromatic carbocycles. The van der Waals surface area contributed by atoms with Crippen LogP contribution in [0.1, 0.15) is 17.3 Å². The van der Waals surface area contributed by atoms with Crippen molar-refractivity contribution in [2.24, 2.45) is 5.92 Å². The Balaban J connectivity index is 2.89. The average Bonchev–Trinajstić information content (AvgIpc) is 2.31. The number of carbonyl (C=O) groups is 1. The Labute approximate surface area is 98.3 Å². The van der Waals surface area contributed by atoms with Crippen LogP contribution in [0.2, 0.25) is 0 Å². The summed E-state index contributed by atoms with van der Waals surface area (Å²) in [5, 5.41) is 8.61. The third-order valence-corrected chi connectivity index (χ3v) is 2.27. The van der Waals surface area contributed by atoms with Crippen LogP contribution in [0.5, 0.6) is 0 Å². The third-order valence-electron chi connectivity index (χ3n) is 2.27. The summed E-state index contributed by atoms with van der Waals surface area (Å²) in [6, 6.07) is 4.67. The number of hydrogen-bond donors (Lipinski definition) is 0. The van der Waals surface area contributed by atoms with Crippen molar-refractivity contribution in [1.82, 2.24) is 4.90 Å². The number of benzene rings is 1. The largest absolute Gasteiger partial charge is 0.340 e. The quantitative estimate of drug-likeness (QED) is 0.810. The summed E-state index contributed by atoms with van der Waals surface area (Å²) in [4.78, 5) is 13.0. The zero-order valence-electron chi connectivity index (χ0n) is 9.58. The highest BCUT2D eigenvalue weighted by molar-refractivity contribution is 5.94. The van der Waals surface area contributed by atoms with Gasteiger partial charge >= 0.3 is 0 Å². The maximum atomic E-state index is 13.3. The first-order valence-corrected chi connectivity index (χ1v) is 5.06. The molecular weight excluding hydrogens is 226 g/mol. The topological polar surface area (TPSA) is 44.1 Å². The zero-order chi connectivity index (χ0) is 13.0. The summed E-state index contributed by atoms with van der Waals surface area (Å²) >= 11 is 0. The van der Waals surface area contributed by atoms with Gasteiger partial charge in [0.05, 0.1) is 17.6 Å². The number of amides is 1. The van der Waals surface area contributed by atoms with E-state index in [1.807, 2.05) is 6.07 Å². The first kappa shape index (κ1) is 13.1. The molecule has 0 aliphatic heterocycles. The maximum absolute atomic E-state index is 13.3. The van der Waals surface area contributed by atoms with Gasteiger partial charge in [-0.05, 0) is 25.1 Å². The molecule has 0 saturated heterocycles. The van der Waals surface area contributed by atoms with E-state index in [-0.39, 0.29) is 18.0 Å². The molecule has 0 saturated carbocycles. The van der Waals surface area contributed by atoms with Gasteiger partial charge in [0, 0.05) is 13.6 Å². The Morgan fingerprint density at radius 3 is 2.76 bits per heavy atom. The molecule has 0 N–H and O–H groups in total. The molecule has 1 rings (SSSR count). The predicted molar refractivity (Wildman–Crippen MR) is 58.1 cm³/mol. The first-order chi connectivity index (χ1) is 7.95. The van der Waals surface area contributed by atoms with Crippen LogP contribution in [0, 0.1) is 28.9 Å². The van der Waals surface area contributed by atoms with Crippen LogP contribution in [-0.4, -0.2) is 24.4 Å². The second-order valence-electron chi connectivity index (χ2n) is 3.84. The molecule has 1 atom stereocenters. The standard InChI is InChI=1S/C12H12F2N2O/c1-8(6-15)7-16(2)12(17)10-5-9(13)3-4-11(10)14/h3-5,8H,7H2,1-2H3. The smallest absolute Gasteiger partial charge is 0.256 e. The van der Waals surface area contributed by atoms with E-state index in [2.05, 4.69) is 0 Å². The fraction of sp³-hybridized carbons (Fsp3) is 0.333. The highest BCUT2D eigenvalue weighted by atomic mass is 19.1. The van der Waals surface area contributed by atoms with Crippen molar-refractivity contribution in [2.45, 2.75) is 6.92 Å². The van der Waals surface area contributed by atoms with E-state index < -0.39 is 17.5 Å². The van der Waals surface area contributed by atoms with Crippen LogP contribution >= 0.6 is 0 Å². The molecule has 0 heterocycles. The molecule has 0 fully saturated rings. The van der Waals surface area contributed by atoms with Gasteiger partial charge in [-0.15, -0.1) is 0 Å². The van der Waals surface area contributed by atoms with E-state index >= 15 is 0 Å². The van der Waals surface area contributed by atoms with Gasteiger partial charge in [0.25, 0.3) is 5.91 Å². The van der Waals surface area contributed by atoms with Crippen LogP contribution in [-0.2, 0) is 0 Å². The van der Waals surface area contributed by atoms with Crippen molar-refractivity contribution < 1.29 is 13.6 Å². The highest BCUT2D eigenvalue weighted by Gasteiger charge is 2.18. The Bertz CT molecular complexity index is 468. The number of rotatable bonds is 3. The second-order valence-corrected chi connectivity index (χ2v) is 3.84. The van der Waals surface area contributed by atoms with Gasteiger partial charge in [-0.25, -0.2) is 8.78 Å². The SMILES string of the molecule is CC(C#N)CN(C)C(=O)c1cc(F)ccc1F. The maximum Gasteiger partial charge on any atom is 0.256 e. The fourth-order valence-corrected chi connectivity index (χ4v) is 1.40. The van der Waals surface area contributed by atoms with E-state index in [1.165, 1.54) is 11.9 Å². The number of hydrogen-bond acceptors (Lipinski definition) is 2. The van der Waals surface area contributed by atoms with Gasteiger partial charge in [-0.3, -0.25) is 4.79 Å². The Hall–Kier alpha value is -1.96. The lowest BCUT2D eigenvalue weighted by molar-refractivity contribution is 0.0780. The van der Waals surface area contributed by atoms with E-state index in [9.17, 15) is 13.6 Å². The first-order valence-electron chi connectivity index (χ1n) is 5.06.